The highest BCUT2D eigenvalue weighted by molar-refractivity contribution is 7.15. The number of anilines is 1. The van der Waals surface area contributed by atoms with Crippen molar-refractivity contribution in [3.63, 3.8) is 0 Å². The predicted octanol–water partition coefficient (Wildman–Crippen LogP) is 1.77. The lowest BCUT2D eigenvalue weighted by atomic mass is 10.0. The number of aromatic nitrogens is 2. The maximum Gasteiger partial charge on any atom is 0.208 e. The van der Waals surface area contributed by atoms with Crippen molar-refractivity contribution in [2.24, 2.45) is 0 Å². The number of likely N-dealkylation sites (N-methyl/N-ethyl adjacent to an activating group) is 2. The van der Waals surface area contributed by atoms with Crippen LogP contribution in [0.2, 0.25) is 0 Å². The summed E-state index contributed by atoms with van der Waals surface area (Å²) in [5.74, 6) is 0. The molecule has 2 heterocycles. The minimum absolute atomic E-state index is 0.669. The third-order valence-corrected chi connectivity index (χ3v) is 4.20. The van der Waals surface area contributed by atoms with E-state index in [1.54, 1.807) is 11.3 Å². The quantitative estimate of drug-likeness (QED) is 0.806. The first-order valence-corrected chi connectivity index (χ1v) is 6.70. The molecule has 5 heteroatoms. The molecule has 0 aliphatic carbocycles. The van der Waals surface area contributed by atoms with Crippen molar-refractivity contribution in [2.45, 2.75) is 32.2 Å². The highest BCUT2D eigenvalue weighted by Gasteiger charge is 2.21. The number of rotatable bonds is 3. The maximum absolute atomic E-state index is 4.18. The van der Waals surface area contributed by atoms with E-state index >= 15 is 0 Å². The Kier molecular flexibility index (Phi) is 3.76. The maximum atomic E-state index is 4.18. The predicted molar refractivity (Wildman–Crippen MR) is 68.2 cm³/mol. The second-order valence-corrected chi connectivity index (χ2v) is 5.77. The van der Waals surface area contributed by atoms with Gasteiger partial charge in [-0.1, -0.05) is 17.8 Å². The lowest BCUT2D eigenvalue weighted by Gasteiger charge is -2.34. The van der Waals surface area contributed by atoms with Crippen molar-refractivity contribution < 1.29 is 0 Å². The summed E-state index contributed by atoms with van der Waals surface area (Å²) in [5.41, 5.74) is 0. The van der Waals surface area contributed by atoms with Gasteiger partial charge in [-0.2, -0.15) is 0 Å². The molecule has 16 heavy (non-hydrogen) atoms. The lowest BCUT2D eigenvalue weighted by Crippen LogP contribution is -2.43. The zero-order valence-corrected chi connectivity index (χ0v) is 11.1. The number of nitrogens with zero attached hydrogens (tertiary/aromatic N) is 4. The van der Waals surface area contributed by atoms with Gasteiger partial charge in [0.2, 0.25) is 5.13 Å². The zero-order valence-electron chi connectivity index (χ0n) is 10.3. The number of likely N-dealkylation sites (tertiary alicyclic amines) is 1. The summed E-state index contributed by atoms with van der Waals surface area (Å²) < 4.78 is 0. The van der Waals surface area contributed by atoms with Crippen molar-refractivity contribution in [1.29, 1.82) is 0 Å². The average Bonchev–Trinajstić information content (AvgIpc) is 2.68. The van der Waals surface area contributed by atoms with E-state index in [-0.39, 0.29) is 0 Å². The topological polar surface area (TPSA) is 32.3 Å². The van der Waals surface area contributed by atoms with Gasteiger partial charge in [0.15, 0.2) is 0 Å². The van der Waals surface area contributed by atoms with Crippen molar-refractivity contribution in [3.8, 4) is 0 Å². The molecule has 1 aliphatic rings. The summed E-state index contributed by atoms with van der Waals surface area (Å²) in [6.07, 6.45) is 4.01. The summed E-state index contributed by atoms with van der Waals surface area (Å²) >= 11 is 1.67. The van der Waals surface area contributed by atoms with E-state index in [1.165, 1.54) is 25.8 Å². The molecule has 1 fully saturated rings. The molecule has 1 saturated heterocycles. The Balaban J connectivity index is 1.93. The molecular weight excluding hydrogens is 220 g/mol. The van der Waals surface area contributed by atoms with Crippen LogP contribution in [0.1, 0.15) is 24.3 Å². The third kappa shape index (κ3) is 2.71. The molecule has 0 unspecified atom stereocenters. The van der Waals surface area contributed by atoms with Crippen LogP contribution in [0.5, 0.6) is 0 Å². The molecule has 0 saturated carbocycles. The Labute approximate surface area is 101 Å². The number of hydrogen-bond acceptors (Lipinski definition) is 5. The molecule has 0 amide bonds. The first kappa shape index (κ1) is 11.8. The van der Waals surface area contributed by atoms with Gasteiger partial charge in [0.25, 0.3) is 0 Å². The normalized spacial score (nSPS) is 22.3. The minimum atomic E-state index is 0.669. The van der Waals surface area contributed by atoms with Crippen LogP contribution >= 0.6 is 11.3 Å². The van der Waals surface area contributed by atoms with Crippen LogP contribution in [-0.2, 0) is 0 Å². The molecule has 1 atom stereocenters. The van der Waals surface area contributed by atoms with E-state index in [0.29, 0.717) is 6.04 Å². The van der Waals surface area contributed by atoms with Crippen LogP contribution in [0.25, 0.3) is 0 Å². The average molecular weight is 240 g/mol. The molecule has 0 radical (unpaired) electrons. The standard InChI is InChI=1S/C11H20N4S/c1-9-12-13-11(16-9)15(3)8-10-6-4-5-7-14(10)2/h10H,4-8H2,1-3H3/t10-/m1/s1. The van der Waals surface area contributed by atoms with Crippen molar-refractivity contribution in [1.82, 2.24) is 15.1 Å². The molecule has 2 rings (SSSR count). The van der Waals surface area contributed by atoms with Gasteiger partial charge in [-0.3, -0.25) is 0 Å². The molecule has 1 aliphatic heterocycles. The van der Waals surface area contributed by atoms with Gasteiger partial charge in [0.1, 0.15) is 5.01 Å². The number of aryl methyl sites for hydroxylation is 1. The Hall–Kier alpha value is -0.680. The summed E-state index contributed by atoms with van der Waals surface area (Å²) in [7, 11) is 4.34. The largest absolute Gasteiger partial charge is 0.348 e. The van der Waals surface area contributed by atoms with Gasteiger partial charge in [0.05, 0.1) is 0 Å². The highest BCUT2D eigenvalue weighted by atomic mass is 32.1. The van der Waals surface area contributed by atoms with Crippen LogP contribution in [0.4, 0.5) is 5.13 Å². The Morgan fingerprint density at radius 3 is 2.88 bits per heavy atom. The van der Waals surface area contributed by atoms with E-state index in [9.17, 15) is 0 Å². The monoisotopic (exact) mass is 240 g/mol. The highest BCUT2D eigenvalue weighted by Crippen LogP contribution is 2.21. The summed E-state index contributed by atoms with van der Waals surface area (Å²) in [4.78, 5) is 4.70. The molecule has 0 bridgehead atoms. The molecule has 0 spiro atoms. The molecule has 1 aromatic heterocycles. The van der Waals surface area contributed by atoms with E-state index in [1.807, 2.05) is 6.92 Å². The van der Waals surface area contributed by atoms with E-state index in [4.69, 9.17) is 0 Å². The van der Waals surface area contributed by atoms with Crippen LogP contribution in [0, 0.1) is 6.92 Å². The summed E-state index contributed by atoms with van der Waals surface area (Å²) in [6, 6.07) is 0.669. The smallest absolute Gasteiger partial charge is 0.208 e. The SMILES string of the molecule is Cc1nnc(N(C)C[C@H]2CCCCN2C)s1. The molecule has 0 N–H and O–H groups in total. The van der Waals surface area contributed by atoms with Crippen molar-refractivity contribution in [3.05, 3.63) is 5.01 Å². The Morgan fingerprint density at radius 1 is 1.44 bits per heavy atom. The van der Waals surface area contributed by atoms with Crippen molar-refractivity contribution >= 4 is 16.5 Å². The minimum Gasteiger partial charge on any atom is -0.348 e. The fraction of sp³-hybridized carbons (Fsp3) is 0.818. The lowest BCUT2D eigenvalue weighted by molar-refractivity contribution is 0.189. The first-order valence-electron chi connectivity index (χ1n) is 5.88. The van der Waals surface area contributed by atoms with E-state index in [0.717, 1.165) is 16.7 Å². The first-order chi connectivity index (χ1) is 7.66. The molecule has 0 aromatic carbocycles. The Bertz CT molecular complexity index is 338. The summed E-state index contributed by atoms with van der Waals surface area (Å²) in [5, 5.41) is 10.3. The zero-order chi connectivity index (χ0) is 11.5. The van der Waals surface area contributed by atoms with Gasteiger partial charge < -0.3 is 9.80 Å². The molecule has 4 nitrogen and oxygen atoms in total. The van der Waals surface area contributed by atoms with Crippen LogP contribution in [0.3, 0.4) is 0 Å². The van der Waals surface area contributed by atoms with Crippen LogP contribution in [-0.4, -0.2) is 48.3 Å². The number of piperidine rings is 1. The van der Waals surface area contributed by atoms with Gasteiger partial charge in [0, 0.05) is 19.6 Å². The van der Waals surface area contributed by atoms with Crippen molar-refractivity contribution in [2.75, 3.05) is 32.1 Å². The molecule has 90 valence electrons. The second kappa shape index (κ2) is 5.10. The van der Waals surface area contributed by atoms with Crippen LogP contribution in [0.15, 0.2) is 0 Å². The van der Waals surface area contributed by atoms with E-state index < -0.39 is 0 Å². The second-order valence-electron chi connectivity index (χ2n) is 4.61. The molecular formula is C11H20N4S. The number of hydrogen-bond donors (Lipinski definition) is 0. The van der Waals surface area contributed by atoms with E-state index in [2.05, 4.69) is 34.1 Å². The van der Waals surface area contributed by atoms with Gasteiger partial charge in [-0.05, 0) is 33.4 Å². The van der Waals surface area contributed by atoms with Crippen LogP contribution < -0.4 is 4.90 Å². The fourth-order valence-corrected chi connectivity index (χ4v) is 2.87. The third-order valence-electron chi connectivity index (χ3n) is 3.25. The van der Waals surface area contributed by atoms with Gasteiger partial charge in [-0.15, -0.1) is 10.2 Å². The summed E-state index contributed by atoms with van der Waals surface area (Å²) in [6.45, 7) is 4.29. The fourth-order valence-electron chi connectivity index (χ4n) is 2.21. The van der Waals surface area contributed by atoms with Gasteiger partial charge in [-0.25, -0.2) is 0 Å². The Morgan fingerprint density at radius 2 is 2.25 bits per heavy atom. The van der Waals surface area contributed by atoms with Gasteiger partial charge >= 0.3 is 0 Å². The molecule has 1 aromatic rings.